The Morgan fingerprint density at radius 3 is 2.24 bits per heavy atom. The van der Waals surface area contributed by atoms with Crippen LogP contribution < -0.4 is 0 Å². The molecule has 3 rings (SSSR count). The molecule has 1 aliphatic carbocycles. The van der Waals surface area contributed by atoms with Crippen molar-refractivity contribution in [2.75, 3.05) is 13.2 Å². The van der Waals surface area contributed by atoms with E-state index < -0.39 is 11.4 Å². The summed E-state index contributed by atoms with van der Waals surface area (Å²) >= 11 is 0. The predicted octanol–water partition coefficient (Wildman–Crippen LogP) is 1.97. The molecular formula is C14H18O3. The highest BCUT2D eigenvalue weighted by Gasteiger charge is 2.40. The van der Waals surface area contributed by atoms with Crippen molar-refractivity contribution in [3.05, 3.63) is 35.4 Å². The molecule has 92 valence electrons. The van der Waals surface area contributed by atoms with Crippen molar-refractivity contribution in [2.24, 2.45) is 0 Å². The summed E-state index contributed by atoms with van der Waals surface area (Å²) in [5, 5.41) is 9.86. The summed E-state index contributed by atoms with van der Waals surface area (Å²) in [6, 6.07) is 8.18. The molecular weight excluding hydrogens is 216 g/mol. The lowest BCUT2D eigenvalue weighted by Gasteiger charge is -2.23. The summed E-state index contributed by atoms with van der Waals surface area (Å²) in [5.74, 6) is -0.588. The molecule has 1 saturated heterocycles. The van der Waals surface area contributed by atoms with Crippen LogP contribution in [0.2, 0.25) is 0 Å². The second kappa shape index (κ2) is 3.80. The first kappa shape index (κ1) is 11.2. The van der Waals surface area contributed by atoms with E-state index in [-0.39, 0.29) is 0 Å². The van der Waals surface area contributed by atoms with E-state index in [1.165, 1.54) is 5.56 Å². The first-order valence-electron chi connectivity index (χ1n) is 6.19. The summed E-state index contributed by atoms with van der Waals surface area (Å²) in [5.41, 5.74) is 1.79. The van der Waals surface area contributed by atoms with Crippen LogP contribution in [0.25, 0.3) is 0 Å². The van der Waals surface area contributed by atoms with E-state index in [9.17, 15) is 5.11 Å². The number of benzene rings is 1. The molecule has 2 fully saturated rings. The number of ether oxygens (including phenoxy) is 2. The highest BCUT2D eigenvalue weighted by atomic mass is 16.7. The molecule has 0 spiro atoms. The minimum Gasteiger partial charge on any atom is -0.390 e. The van der Waals surface area contributed by atoms with Crippen molar-refractivity contribution in [1.29, 1.82) is 0 Å². The van der Waals surface area contributed by atoms with Crippen molar-refractivity contribution >= 4 is 0 Å². The number of rotatable bonds is 3. The molecule has 0 amide bonds. The van der Waals surface area contributed by atoms with Crippen LogP contribution in [0.3, 0.4) is 0 Å². The number of aliphatic hydroxyl groups is 1. The minimum atomic E-state index is -0.588. The minimum absolute atomic E-state index is 0.425. The van der Waals surface area contributed by atoms with E-state index in [1.807, 2.05) is 19.1 Å². The van der Waals surface area contributed by atoms with Gasteiger partial charge in [0.2, 0.25) is 0 Å². The second-order valence-corrected chi connectivity index (χ2v) is 5.24. The van der Waals surface area contributed by atoms with Gasteiger partial charge in [-0.15, -0.1) is 0 Å². The third-order valence-electron chi connectivity index (χ3n) is 3.68. The van der Waals surface area contributed by atoms with Crippen LogP contribution in [-0.2, 0) is 21.7 Å². The highest BCUT2D eigenvalue weighted by molar-refractivity contribution is 5.27. The van der Waals surface area contributed by atoms with Gasteiger partial charge in [-0.3, -0.25) is 0 Å². The normalized spacial score (nSPS) is 24.8. The summed E-state index contributed by atoms with van der Waals surface area (Å²) in [4.78, 5) is 0. The predicted molar refractivity (Wildman–Crippen MR) is 63.6 cm³/mol. The maximum absolute atomic E-state index is 9.86. The standard InChI is InChI=1S/C14H18O3/c1-13(16-8-9-17-13)12-4-2-11(3-5-12)10-14(15)6-7-14/h2-5,15H,6-10H2,1H3. The first-order chi connectivity index (χ1) is 8.10. The molecule has 0 unspecified atom stereocenters. The summed E-state index contributed by atoms with van der Waals surface area (Å²) in [7, 11) is 0. The molecule has 1 aliphatic heterocycles. The first-order valence-corrected chi connectivity index (χ1v) is 6.19. The van der Waals surface area contributed by atoms with E-state index in [0.29, 0.717) is 13.2 Å². The Kier molecular flexibility index (Phi) is 2.51. The van der Waals surface area contributed by atoms with Crippen LogP contribution >= 0.6 is 0 Å². The fourth-order valence-electron chi connectivity index (χ4n) is 2.31. The molecule has 1 saturated carbocycles. The Bertz CT molecular complexity index is 400. The SMILES string of the molecule is CC1(c2ccc(CC3(O)CC3)cc2)OCCO1. The quantitative estimate of drug-likeness (QED) is 0.869. The fourth-order valence-corrected chi connectivity index (χ4v) is 2.31. The summed E-state index contributed by atoms with van der Waals surface area (Å²) < 4.78 is 11.2. The van der Waals surface area contributed by atoms with Gasteiger partial charge in [-0.25, -0.2) is 0 Å². The Morgan fingerprint density at radius 1 is 1.12 bits per heavy atom. The van der Waals surface area contributed by atoms with E-state index in [0.717, 1.165) is 24.8 Å². The largest absolute Gasteiger partial charge is 0.390 e. The van der Waals surface area contributed by atoms with Crippen molar-refractivity contribution in [3.8, 4) is 0 Å². The number of hydrogen-bond acceptors (Lipinski definition) is 3. The van der Waals surface area contributed by atoms with Crippen molar-refractivity contribution in [2.45, 2.75) is 37.6 Å². The van der Waals surface area contributed by atoms with E-state index in [4.69, 9.17) is 9.47 Å². The Hall–Kier alpha value is -0.900. The molecule has 2 aliphatic rings. The van der Waals surface area contributed by atoms with Crippen LogP contribution in [0.1, 0.15) is 30.9 Å². The molecule has 0 atom stereocenters. The smallest absolute Gasteiger partial charge is 0.192 e. The zero-order valence-electron chi connectivity index (χ0n) is 10.1. The molecule has 3 nitrogen and oxygen atoms in total. The summed E-state index contributed by atoms with van der Waals surface area (Å²) in [6.45, 7) is 3.25. The van der Waals surface area contributed by atoms with Crippen LogP contribution in [0, 0.1) is 0 Å². The Labute approximate surface area is 101 Å². The molecule has 3 heteroatoms. The monoisotopic (exact) mass is 234 g/mol. The van der Waals surface area contributed by atoms with Crippen molar-refractivity contribution in [3.63, 3.8) is 0 Å². The lowest BCUT2D eigenvalue weighted by molar-refractivity contribution is -0.149. The molecule has 1 heterocycles. The van der Waals surface area contributed by atoms with E-state index in [2.05, 4.69) is 12.1 Å². The van der Waals surface area contributed by atoms with Crippen LogP contribution in [0.4, 0.5) is 0 Å². The van der Waals surface area contributed by atoms with Gasteiger partial charge >= 0.3 is 0 Å². The van der Waals surface area contributed by atoms with E-state index >= 15 is 0 Å². The fraction of sp³-hybridized carbons (Fsp3) is 0.571. The zero-order chi connectivity index (χ0) is 11.9. The maximum Gasteiger partial charge on any atom is 0.192 e. The zero-order valence-corrected chi connectivity index (χ0v) is 10.1. The van der Waals surface area contributed by atoms with Gasteiger partial charge in [-0.1, -0.05) is 24.3 Å². The molecule has 17 heavy (non-hydrogen) atoms. The van der Waals surface area contributed by atoms with Gasteiger partial charge in [-0.05, 0) is 25.3 Å². The summed E-state index contributed by atoms with van der Waals surface area (Å²) in [6.07, 6.45) is 2.61. The molecule has 0 radical (unpaired) electrons. The highest BCUT2D eigenvalue weighted by Crippen LogP contribution is 2.38. The lowest BCUT2D eigenvalue weighted by atomic mass is 10.0. The molecule has 0 aromatic heterocycles. The van der Waals surface area contributed by atoms with Gasteiger partial charge in [0.1, 0.15) is 0 Å². The molecule has 0 bridgehead atoms. The van der Waals surface area contributed by atoms with Crippen LogP contribution in [0.5, 0.6) is 0 Å². The third kappa shape index (κ3) is 2.23. The maximum atomic E-state index is 9.86. The average Bonchev–Trinajstić information content (AvgIpc) is 2.87. The third-order valence-corrected chi connectivity index (χ3v) is 3.68. The lowest BCUT2D eigenvalue weighted by Crippen LogP contribution is -2.22. The molecule has 1 aromatic carbocycles. The molecule has 1 N–H and O–H groups in total. The molecule has 1 aromatic rings. The van der Waals surface area contributed by atoms with Gasteiger partial charge in [0.15, 0.2) is 5.79 Å². The van der Waals surface area contributed by atoms with Gasteiger partial charge in [0, 0.05) is 12.0 Å². The van der Waals surface area contributed by atoms with Gasteiger partial charge in [0.05, 0.1) is 18.8 Å². The Morgan fingerprint density at radius 2 is 1.71 bits per heavy atom. The van der Waals surface area contributed by atoms with Gasteiger partial charge in [0.25, 0.3) is 0 Å². The second-order valence-electron chi connectivity index (χ2n) is 5.24. The number of hydrogen-bond donors (Lipinski definition) is 1. The average molecular weight is 234 g/mol. The topological polar surface area (TPSA) is 38.7 Å². The Balaban J connectivity index is 1.75. The van der Waals surface area contributed by atoms with E-state index in [1.54, 1.807) is 0 Å². The van der Waals surface area contributed by atoms with Crippen molar-refractivity contribution in [1.82, 2.24) is 0 Å². The van der Waals surface area contributed by atoms with Crippen molar-refractivity contribution < 1.29 is 14.6 Å². The van der Waals surface area contributed by atoms with Crippen LogP contribution in [-0.4, -0.2) is 23.9 Å². The van der Waals surface area contributed by atoms with Crippen LogP contribution in [0.15, 0.2) is 24.3 Å². The van der Waals surface area contributed by atoms with Gasteiger partial charge in [-0.2, -0.15) is 0 Å². The van der Waals surface area contributed by atoms with Gasteiger partial charge < -0.3 is 14.6 Å².